The Kier molecular flexibility index (Phi) is 4.60. The topological polar surface area (TPSA) is 32.5 Å². The summed E-state index contributed by atoms with van der Waals surface area (Å²) in [4.78, 5) is 5.23. The maximum Gasteiger partial charge on any atom is 0.0235 e. The summed E-state index contributed by atoms with van der Waals surface area (Å²) in [6.07, 6.45) is 6.05. The maximum absolute atomic E-state index is 5.96. The Morgan fingerprint density at radius 3 is 2.53 bits per heavy atom. The van der Waals surface area contributed by atoms with Crippen molar-refractivity contribution in [1.29, 1.82) is 0 Å². The van der Waals surface area contributed by atoms with E-state index in [1.807, 2.05) is 0 Å². The molecule has 2 fully saturated rings. The van der Waals surface area contributed by atoms with Gasteiger partial charge in [0.2, 0.25) is 0 Å². The zero-order valence-electron chi connectivity index (χ0n) is 11.4. The Labute approximate surface area is 106 Å². The van der Waals surface area contributed by atoms with Crippen molar-refractivity contribution in [2.24, 2.45) is 5.73 Å². The van der Waals surface area contributed by atoms with Crippen molar-refractivity contribution in [3.8, 4) is 0 Å². The standard InChI is InChI=1S/C14H27N3/c1-12(2)3-7-16-8-6-14(11-16)17-9-4-13(15)5-10-17/h3,13-14H,4-11,15H2,1-2H3. The Morgan fingerprint density at radius 2 is 1.88 bits per heavy atom. The van der Waals surface area contributed by atoms with E-state index in [1.54, 1.807) is 0 Å². The molecule has 0 bridgehead atoms. The summed E-state index contributed by atoms with van der Waals surface area (Å²) < 4.78 is 0. The van der Waals surface area contributed by atoms with Gasteiger partial charge in [-0.1, -0.05) is 11.6 Å². The van der Waals surface area contributed by atoms with Gasteiger partial charge in [-0.15, -0.1) is 0 Å². The van der Waals surface area contributed by atoms with Crippen LogP contribution in [-0.4, -0.2) is 54.6 Å². The lowest BCUT2D eigenvalue weighted by Crippen LogP contribution is -2.46. The number of piperidine rings is 1. The molecule has 1 atom stereocenters. The molecule has 2 heterocycles. The van der Waals surface area contributed by atoms with E-state index in [-0.39, 0.29) is 0 Å². The van der Waals surface area contributed by atoms with Crippen LogP contribution in [0.1, 0.15) is 33.1 Å². The Balaban J connectivity index is 1.75. The van der Waals surface area contributed by atoms with Crippen molar-refractivity contribution in [3.63, 3.8) is 0 Å². The molecule has 2 aliphatic heterocycles. The van der Waals surface area contributed by atoms with Gasteiger partial charge >= 0.3 is 0 Å². The molecule has 0 aromatic carbocycles. The molecule has 0 saturated carbocycles. The molecule has 2 rings (SSSR count). The van der Waals surface area contributed by atoms with Crippen LogP contribution < -0.4 is 5.73 Å². The van der Waals surface area contributed by atoms with E-state index in [0.717, 1.165) is 12.6 Å². The van der Waals surface area contributed by atoms with Crippen molar-refractivity contribution < 1.29 is 0 Å². The van der Waals surface area contributed by atoms with Crippen molar-refractivity contribution in [2.45, 2.75) is 45.2 Å². The van der Waals surface area contributed by atoms with Crippen LogP contribution >= 0.6 is 0 Å². The number of nitrogens with zero attached hydrogens (tertiary/aromatic N) is 2. The smallest absolute Gasteiger partial charge is 0.0235 e. The molecule has 2 aliphatic rings. The normalized spacial score (nSPS) is 28.5. The molecule has 3 heteroatoms. The second-order valence-corrected chi connectivity index (χ2v) is 5.86. The third kappa shape index (κ3) is 3.80. The van der Waals surface area contributed by atoms with Crippen molar-refractivity contribution in [2.75, 3.05) is 32.7 Å². The molecule has 98 valence electrons. The van der Waals surface area contributed by atoms with Crippen molar-refractivity contribution in [3.05, 3.63) is 11.6 Å². The van der Waals surface area contributed by atoms with E-state index in [4.69, 9.17) is 5.73 Å². The molecular weight excluding hydrogens is 210 g/mol. The highest BCUT2D eigenvalue weighted by Crippen LogP contribution is 2.19. The van der Waals surface area contributed by atoms with Crippen LogP contribution in [-0.2, 0) is 0 Å². The highest BCUT2D eigenvalue weighted by molar-refractivity contribution is 4.97. The summed E-state index contributed by atoms with van der Waals surface area (Å²) in [6.45, 7) is 10.4. The third-order valence-electron chi connectivity index (χ3n) is 4.10. The monoisotopic (exact) mass is 237 g/mol. The Hall–Kier alpha value is -0.380. The predicted octanol–water partition coefficient (Wildman–Crippen LogP) is 1.45. The summed E-state index contributed by atoms with van der Waals surface area (Å²) in [5.41, 5.74) is 7.39. The van der Waals surface area contributed by atoms with Crippen LogP contribution in [0.4, 0.5) is 0 Å². The van der Waals surface area contributed by atoms with Crippen LogP contribution in [0.25, 0.3) is 0 Å². The molecule has 0 aromatic rings. The van der Waals surface area contributed by atoms with Gasteiger partial charge < -0.3 is 5.73 Å². The maximum atomic E-state index is 5.96. The van der Waals surface area contributed by atoms with Gasteiger partial charge in [0.25, 0.3) is 0 Å². The van der Waals surface area contributed by atoms with Gasteiger partial charge in [0.1, 0.15) is 0 Å². The van der Waals surface area contributed by atoms with Crippen LogP contribution in [0, 0.1) is 0 Å². The molecule has 0 radical (unpaired) electrons. The van der Waals surface area contributed by atoms with Gasteiger partial charge in [-0.3, -0.25) is 9.80 Å². The van der Waals surface area contributed by atoms with E-state index in [1.165, 1.54) is 51.0 Å². The fourth-order valence-corrected chi connectivity index (χ4v) is 2.87. The number of likely N-dealkylation sites (tertiary alicyclic amines) is 2. The zero-order chi connectivity index (χ0) is 12.3. The lowest BCUT2D eigenvalue weighted by Gasteiger charge is -2.34. The number of rotatable bonds is 3. The van der Waals surface area contributed by atoms with Gasteiger partial charge in [-0.25, -0.2) is 0 Å². The van der Waals surface area contributed by atoms with Crippen LogP contribution in [0.15, 0.2) is 11.6 Å². The van der Waals surface area contributed by atoms with Gasteiger partial charge in [-0.2, -0.15) is 0 Å². The molecule has 17 heavy (non-hydrogen) atoms. The molecule has 0 spiro atoms. The highest BCUT2D eigenvalue weighted by Gasteiger charge is 2.29. The first-order valence-electron chi connectivity index (χ1n) is 7.00. The second-order valence-electron chi connectivity index (χ2n) is 5.86. The molecule has 2 N–H and O–H groups in total. The first-order valence-corrected chi connectivity index (χ1v) is 7.00. The minimum atomic E-state index is 0.453. The molecule has 0 aliphatic carbocycles. The first kappa shape index (κ1) is 13.1. The quantitative estimate of drug-likeness (QED) is 0.754. The molecule has 1 unspecified atom stereocenters. The van der Waals surface area contributed by atoms with E-state index in [9.17, 15) is 0 Å². The highest BCUT2D eigenvalue weighted by atomic mass is 15.3. The summed E-state index contributed by atoms with van der Waals surface area (Å²) in [6, 6.07) is 1.24. The summed E-state index contributed by atoms with van der Waals surface area (Å²) in [5.74, 6) is 0. The van der Waals surface area contributed by atoms with Crippen molar-refractivity contribution >= 4 is 0 Å². The molecule has 3 nitrogen and oxygen atoms in total. The van der Waals surface area contributed by atoms with E-state index >= 15 is 0 Å². The molecule has 2 saturated heterocycles. The Bertz CT molecular complexity index is 263. The first-order chi connectivity index (χ1) is 8.15. The Morgan fingerprint density at radius 1 is 1.18 bits per heavy atom. The van der Waals surface area contributed by atoms with Gasteiger partial charge in [0.05, 0.1) is 0 Å². The fourth-order valence-electron chi connectivity index (χ4n) is 2.87. The molecule has 0 amide bonds. The SMILES string of the molecule is CC(C)=CCN1CCC(N2CCC(N)CC2)C1. The predicted molar refractivity (Wildman–Crippen MR) is 73.1 cm³/mol. The lowest BCUT2D eigenvalue weighted by molar-refractivity contribution is 0.154. The number of hydrogen-bond donors (Lipinski definition) is 1. The van der Waals surface area contributed by atoms with Gasteiger partial charge in [0, 0.05) is 31.7 Å². The van der Waals surface area contributed by atoms with Gasteiger partial charge in [-0.05, 0) is 46.2 Å². The average molecular weight is 237 g/mol. The lowest BCUT2D eigenvalue weighted by atomic mass is 10.0. The van der Waals surface area contributed by atoms with Crippen LogP contribution in [0.5, 0.6) is 0 Å². The molecular formula is C14H27N3. The largest absolute Gasteiger partial charge is 0.328 e. The summed E-state index contributed by atoms with van der Waals surface area (Å²) in [7, 11) is 0. The van der Waals surface area contributed by atoms with Crippen molar-refractivity contribution in [1.82, 2.24) is 9.80 Å². The minimum Gasteiger partial charge on any atom is -0.328 e. The van der Waals surface area contributed by atoms with E-state index in [2.05, 4.69) is 29.7 Å². The minimum absolute atomic E-state index is 0.453. The van der Waals surface area contributed by atoms with Crippen LogP contribution in [0.3, 0.4) is 0 Å². The number of allylic oxidation sites excluding steroid dienone is 1. The van der Waals surface area contributed by atoms with Crippen LogP contribution in [0.2, 0.25) is 0 Å². The number of nitrogens with two attached hydrogens (primary N) is 1. The zero-order valence-corrected chi connectivity index (χ0v) is 11.4. The summed E-state index contributed by atoms with van der Waals surface area (Å²) in [5, 5.41) is 0. The van der Waals surface area contributed by atoms with E-state index < -0.39 is 0 Å². The van der Waals surface area contributed by atoms with E-state index in [0.29, 0.717) is 6.04 Å². The van der Waals surface area contributed by atoms with Gasteiger partial charge in [0.15, 0.2) is 0 Å². The fraction of sp³-hybridized carbons (Fsp3) is 0.857. The second kappa shape index (κ2) is 5.98. The average Bonchev–Trinajstić information content (AvgIpc) is 2.76. The number of hydrogen-bond acceptors (Lipinski definition) is 3. The third-order valence-corrected chi connectivity index (χ3v) is 4.10. The summed E-state index contributed by atoms with van der Waals surface area (Å²) >= 11 is 0. The molecule has 0 aromatic heterocycles.